The van der Waals surface area contributed by atoms with Crippen molar-refractivity contribution in [2.45, 2.75) is 6.42 Å². The lowest BCUT2D eigenvalue weighted by Gasteiger charge is -2.12. The summed E-state index contributed by atoms with van der Waals surface area (Å²) in [6.45, 7) is 0. The molecule has 1 N–H and O–H groups in total. The minimum Gasteiger partial charge on any atom is -0.497 e. The molecule has 0 heterocycles. The fourth-order valence-electron chi connectivity index (χ4n) is 2.73. The number of ether oxygens (including phenoxy) is 2. The van der Waals surface area contributed by atoms with E-state index in [0.717, 1.165) is 16.7 Å². The highest BCUT2D eigenvalue weighted by Crippen LogP contribution is 2.29. The van der Waals surface area contributed by atoms with Gasteiger partial charge >= 0.3 is 0 Å². The molecule has 1 amide bonds. The van der Waals surface area contributed by atoms with Crippen molar-refractivity contribution in [2.24, 2.45) is 0 Å². The largest absolute Gasteiger partial charge is 0.497 e. The average molecular weight is 347 g/mol. The zero-order valence-electron chi connectivity index (χ0n) is 14.9. The van der Waals surface area contributed by atoms with Gasteiger partial charge in [0.1, 0.15) is 11.5 Å². The number of carbonyl (C=O) groups is 1. The quantitative estimate of drug-likeness (QED) is 0.711. The van der Waals surface area contributed by atoms with Gasteiger partial charge in [-0.1, -0.05) is 54.6 Å². The maximum atomic E-state index is 12.4. The van der Waals surface area contributed by atoms with Crippen LogP contribution in [0.5, 0.6) is 11.5 Å². The third kappa shape index (κ3) is 4.22. The highest BCUT2D eigenvalue weighted by molar-refractivity contribution is 5.93. The summed E-state index contributed by atoms with van der Waals surface area (Å²) < 4.78 is 10.5. The molecule has 4 heteroatoms. The zero-order chi connectivity index (χ0) is 18.4. The highest BCUT2D eigenvalue weighted by atomic mass is 16.5. The monoisotopic (exact) mass is 347 g/mol. The summed E-state index contributed by atoms with van der Waals surface area (Å²) in [6, 6.07) is 23.5. The van der Waals surface area contributed by atoms with Crippen LogP contribution in [0.15, 0.2) is 72.8 Å². The molecule has 0 aliphatic rings. The van der Waals surface area contributed by atoms with E-state index in [1.807, 2.05) is 42.5 Å². The number of hydrogen-bond acceptors (Lipinski definition) is 3. The first-order valence-electron chi connectivity index (χ1n) is 8.36. The van der Waals surface area contributed by atoms with Crippen LogP contribution < -0.4 is 14.8 Å². The Morgan fingerprint density at radius 3 is 2.19 bits per heavy atom. The van der Waals surface area contributed by atoms with Crippen molar-refractivity contribution in [2.75, 3.05) is 19.5 Å². The Kier molecular flexibility index (Phi) is 5.54. The topological polar surface area (TPSA) is 47.6 Å². The van der Waals surface area contributed by atoms with E-state index in [9.17, 15) is 4.79 Å². The summed E-state index contributed by atoms with van der Waals surface area (Å²) in [5, 5.41) is 2.89. The molecule has 0 atom stereocenters. The molecule has 3 aromatic carbocycles. The molecule has 0 saturated carbocycles. The summed E-state index contributed by atoms with van der Waals surface area (Å²) in [5.74, 6) is 1.15. The molecule has 3 rings (SSSR count). The Bertz CT molecular complexity index is 874. The van der Waals surface area contributed by atoms with Gasteiger partial charge in [0.15, 0.2) is 0 Å². The van der Waals surface area contributed by atoms with Crippen molar-refractivity contribution in [3.8, 4) is 22.6 Å². The Morgan fingerprint density at radius 1 is 0.846 bits per heavy atom. The van der Waals surface area contributed by atoms with Crippen molar-refractivity contribution in [1.29, 1.82) is 0 Å². The van der Waals surface area contributed by atoms with Gasteiger partial charge in [-0.05, 0) is 28.8 Å². The summed E-state index contributed by atoms with van der Waals surface area (Å²) in [7, 11) is 3.15. The Labute approximate surface area is 153 Å². The molecule has 0 bridgehead atoms. The summed E-state index contributed by atoms with van der Waals surface area (Å²) in [6.07, 6.45) is 0.296. The van der Waals surface area contributed by atoms with Gasteiger partial charge in [0.05, 0.1) is 26.3 Å². The molecular weight excluding hydrogens is 326 g/mol. The third-order valence-electron chi connectivity index (χ3n) is 4.11. The lowest BCUT2D eigenvalue weighted by Crippen LogP contribution is -2.15. The van der Waals surface area contributed by atoms with Crippen LogP contribution in [0.25, 0.3) is 11.1 Å². The Balaban J connectivity index is 1.67. The van der Waals surface area contributed by atoms with E-state index in [1.54, 1.807) is 32.4 Å². The number of amides is 1. The van der Waals surface area contributed by atoms with Crippen molar-refractivity contribution in [3.05, 3.63) is 78.4 Å². The molecule has 0 aromatic heterocycles. The minimum atomic E-state index is -0.0964. The molecule has 0 radical (unpaired) electrons. The van der Waals surface area contributed by atoms with Crippen LogP contribution in [-0.4, -0.2) is 20.1 Å². The van der Waals surface area contributed by atoms with E-state index in [-0.39, 0.29) is 5.91 Å². The second-order valence-electron chi connectivity index (χ2n) is 5.85. The first-order valence-corrected chi connectivity index (χ1v) is 8.36. The molecule has 0 fully saturated rings. The van der Waals surface area contributed by atoms with Crippen molar-refractivity contribution in [3.63, 3.8) is 0 Å². The summed E-state index contributed by atoms with van der Waals surface area (Å²) in [4.78, 5) is 12.4. The van der Waals surface area contributed by atoms with Gasteiger partial charge in [-0.15, -0.1) is 0 Å². The SMILES string of the molecule is COc1ccc(NC(=O)Cc2ccc(-c3ccccc3)cc2)c(OC)c1. The summed E-state index contributed by atoms with van der Waals surface area (Å²) >= 11 is 0. The standard InChI is InChI=1S/C22H21NO3/c1-25-19-12-13-20(21(15-19)26-2)23-22(24)14-16-8-10-18(11-9-16)17-6-4-3-5-7-17/h3-13,15H,14H2,1-2H3,(H,23,24). The van der Waals surface area contributed by atoms with Gasteiger partial charge in [0.2, 0.25) is 5.91 Å². The maximum absolute atomic E-state index is 12.4. The van der Waals surface area contributed by atoms with Gasteiger partial charge in [0.25, 0.3) is 0 Å². The van der Waals surface area contributed by atoms with Gasteiger partial charge in [-0.25, -0.2) is 0 Å². The fourth-order valence-corrected chi connectivity index (χ4v) is 2.73. The number of nitrogens with one attached hydrogen (secondary N) is 1. The summed E-state index contributed by atoms with van der Waals surface area (Å²) in [5.41, 5.74) is 3.87. The van der Waals surface area contributed by atoms with Crippen molar-refractivity contribution < 1.29 is 14.3 Å². The van der Waals surface area contributed by atoms with Crippen LogP contribution in [0.2, 0.25) is 0 Å². The normalized spacial score (nSPS) is 10.2. The minimum absolute atomic E-state index is 0.0964. The van der Waals surface area contributed by atoms with Gasteiger partial charge in [0, 0.05) is 6.07 Å². The molecule has 4 nitrogen and oxygen atoms in total. The predicted octanol–water partition coefficient (Wildman–Crippen LogP) is 4.55. The van der Waals surface area contributed by atoms with Crippen LogP contribution in [-0.2, 0) is 11.2 Å². The number of methoxy groups -OCH3 is 2. The third-order valence-corrected chi connectivity index (χ3v) is 4.11. The maximum Gasteiger partial charge on any atom is 0.228 e. The number of carbonyl (C=O) groups excluding carboxylic acids is 1. The smallest absolute Gasteiger partial charge is 0.228 e. The second-order valence-corrected chi connectivity index (χ2v) is 5.85. The van der Waals surface area contributed by atoms with Crippen molar-refractivity contribution in [1.82, 2.24) is 0 Å². The average Bonchev–Trinajstić information content (AvgIpc) is 2.69. The molecule has 26 heavy (non-hydrogen) atoms. The van der Waals surface area contributed by atoms with E-state index in [4.69, 9.17) is 9.47 Å². The molecule has 0 aliphatic carbocycles. The number of rotatable bonds is 6. The van der Waals surface area contributed by atoms with Gasteiger partial charge < -0.3 is 14.8 Å². The van der Waals surface area contributed by atoms with Crippen LogP contribution in [0.4, 0.5) is 5.69 Å². The molecular formula is C22H21NO3. The highest BCUT2D eigenvalue weighted by Gasteiger charge is 2.10. The number of benzene rings is 3. The number of hydrogen-bond donors (Lipinski definition) is 1. The van der Waals surface area contributed by atoms with Crippen LogP contribution in [0, 0.1) is 0 Å². The fraction of sp³-hybridized carbons (Fsp3) is 0.136. The lowest BCUT2D eigenvalue weighted by molar-refractivity contribution is -0.115. The Hall–Kier alpha value is -3.27. The predicted molar refractivity (Wildman–Crippen MR) is 104 cm³/mol. The molecule has 0 saturated heterocycles. The van der Waals surface area contributed by atoms with Crippen LogP contribution >= 0.6 is 0 Å². The van der Waals surface area contributed by atoms with E-state index >= 15 is 0 Å². The van der Waals surface area contributed by atoms with Crippen LogP contribution in [0.1, 0.15) is 5.56 Å². The van der Waals surface area contributed by atoms with Crippen LogP contribution in [0.3, 0.4) is 0 Å². The Morgan fingerprint density at radius 2 is 1.54 bits per heavy atom. The second kappa shape index (κ2) is 8.21. The molecule has 0 spiro atoms. The first-order chi connectivity index (χ1) is 12.7. The van der Waals surface area contributed by atoms with E-state index in [2.05, 4.69) is 17.4 Å². The van der Waals surface area contributed by atoms with Gasteiger partial charge in [-0.2, -0.15) is 0 Å². The number of anilines is 1. The molecule has 132 valence electrons. The van der Waals surface area contributed by atoms with E-state index < -0.39 is 0 Å². The molecule has 3 aromatic rings. The zero-order valence-corrected chi connectivity index (χ0v) is 14.9. The van der Waals surface area contributed by atoms with E-state index in [1.165, 1.54) is 0 Å². The van der Waals surface area contributed by atoms with Crippen molar-refractivity contribution >= 4 is 11.6 Å². The van der Waals surface area contributed by atoms with Gasteiger partial charge in [-0.3, -0.25) is 4.79 Å². The lowest BCUT2D eigenvalue weighted by atomic mass is 10.0. The molecule has 0 unspecified atom stereocenters. The first kappa shape index (κ1) is 17.5. The van der Waals surface area contributed by atoms with E-state index in [0.29, 0.717) is 23.6 Å². The molecule has 0 aliphatic heterocycles.